The van der Waals surface area contributed by atoms with Gasteiger partial charge < -0.3 is 14.7 Å². The molecule has 0 bridgehead atoms. The van der Waals surface area contributed by atoms with Gasteiger partial charge in [0.05, 0.1) is 20.0 Å². The first-order valence-corrected chi connectivity index (χ1v) is 12.0. The Morgan fingerprint density at radius 1 is 0.500 bits per heavy atom. The van der Waals surface area contributed by atoms with Crippen LogP contribution in [0.4, 0.5) is 9.59 Å². The lowest BCUT2D eigenvalue weighted by Gasteiger charge is -2.46. The molecule has 0 aliphatic carbocycles. The number of urea groups is 2. The molecule has 4 heterocycles. The van der Waals surface area contributed by atoms with Crippen LogP contribution in [0, 0.1) is 0 Å². The highest BCUT2D eigenvalue weighted by Gasteiger charge is 2.39. The highest BCUT2D eigenvalue weighted by Crippen LogP contribution is 2.17. The molecule has 4 fully saturated rings. The molecule has 0 aromatic carbocycles. The zero-order chi connectivity index (χ0) is 22.7. The molecule has 0 unspecified atom stereocenters. The zero-order valence-electron chi connectivity index (χ0n) is 20.2. The lowest BCUT2D eigenvalue weighted by Crippen LogP contribution is -2.67. The number of carbonyl (C=O) groups excluding carboxylic acids is 2. The summed E-state index contributed by atoms with van der Waals surface area (Å²) in [5.41, 5.74) is 0. The molecule has 0 aromatic heterocycles. The number of hydrogen-bond donors (Lipinski definition) is 0. The van der Waals surface area contributed by atoms with Crippen LogP contribution in [0.2, 0.25) is 0 Å². The SMILES string of the molecule is CN1CCN(CN2CN(CN3CCN(C)CC3)C(=O)N(CN3CCN(C)CC3)C2=O)CC1. The molecule has 4 amide bonds. The third-order valence-electron chi connectivity index (χ3n) is 7.21. The predicted octanol–water partition coefficient (Wildman–Crippen LogP) is -1.28. The van der Waals surface area contributed by atoms with E-state index in [1.165, 1.54) is 4.90 Å². The van der Waals surface area contributed by atoms with Crippen LogP contribution in [0.3, 0.4) is 0 Å². The van der Waals surface area contributed by atoms with Gasteiger partial charge in [0.25, 0.3) is 0 Å². The van der Waals surface area contributed by atoms with E-state index >= 15 is 0 Å². The second kappa shape index (κ2) is 10.6. The van der Waals surface area contributed by atoms with Crippen molar-refractivity contribution in [1.82, 2.24) is 44.1 Å². The minimum atomic E-state index is -0.150. The summed E-state index contributed by atoms with van der Waals surface area (Å²) in [6, 6.07) is -0.301. The topological polar surface area (TPSA) is 63.3 Å². The van der Waals surface area contributed by atoms with Gasteiger partial charge in [0.15, 0.2) is 0 Å². The van der Waals surface area contributed by atoms with Crippen molar-refractivity contribution in [3.8, 4) is 0 Å². The molecule has 0 spiro atoms. The van der Waals surface area contributed by atoms with Crippen LogP contribution >= 0.6 is 0 Å². The molecular weight excluding hydrogens is 410 g/mol. The Hall–Kier alpha value is -1.50. The van der Waals surface area contributed by atoms with Gasteiger partial charge in [-0.1, -0.05) is 0 Å². The molecule has 0 saturated carbocycles. The van der Waals surface area contributed by atoms with Crippen molar-refractivity contribution in [3.63, 3.8) is 0 Å². The average molecular weight is 452 g/mol. The minimum Gasteiger partial charge on any atom is -0.304 e. The van der Waals surface area contributed by atoms with E-state index in [1.807, 2.05) is 9.80 Å². The summed E-state index contributed by atoms with van der Waals surface area (Å²) >= 11 is 0. The van der Waals surface area contributed by atoms with E-state index in [9.17, 15) is 9.59 Å². The predicted molar refractivity (Wildman–Crippen MR) is 123 cm³/mol. The van der Waals surface area contributed by atoms with Crippen LogP contribution in [0.5, 0.6) is 0 Å². The Morgan fingerprint density at radius 2 is 0.812 bits per heavy atom. The van der Waals surface area contributed by atoms with Crippen molar-refractivity contribution in [3.05, 3.63) is 0 Å². The third kappa shape index (κ3) is 5.89. The Bertz CT molecular complexity index is 599. The number of imide groups is 1. The van der Waals surface area contributed by atoms with Crippen molar-refractivity contribution in [2.24, 2.45) is 0 Å². The fourth-order valence-electron chi connectivity index (χ4n) is 4.73. The average Bonchev–Trinajstić information content (AvgIpc) is 2.79. The minimum absolute atomic E-state index is 0.150. The highest BCUT2D eigenvalue weighted by atomic mass is 16.2. The van der Waals surface area contributed by atoms with Crippen LogP contribution in [-0.4, -0.2) is 183 Å². The number of hydrogen-bond acceptors (Lipinski definition) is 8. The first-order chi connectivity index (χ1) is 15.4. The standard InChI is InChI=1S/C21H41N9O2/c1-22-4-10-25(11-5-22)16-28-19-29(17-26-12-6-23(2)7-13-26)21(32)30(20(28)31)18-27-14-8-24(3)9-15-27/h4-19H2,1-3H3. The smallest absolute Gasteiger partial charge is 0.304 e. The van der Waals surface area contributed by atoms with E-state index in [4.69, 9.17) is 0 Å². The quantitative estimate of drug-likeness (QED) is 0.495. The molecule has 32 heavy (non-hydrogen) atoms. The van der Waals surface area contributed by atoms with Gasteiger partial charge in [0.1, 0.15) is 6.67 Å². The van der Waals surface area contributed by atoms with Gasteiger partial charge in [0, 0.05) is 78.5 Å². The van der Waals surface area contributed by atoms with Crippen LogP contribution in [-0.2, 0) is 0 Å². The maximum atomic E-state index is 13.4. The van der Waals surface area contributed by atoms with Crippen LogP contribution < -0.4 is 0 Å². The molecule has 182 valence electrons. The maximum Gasteiger partial charge on any atom is 0.331 e. The number of rotatable bonds is 6. The first kappa shape index (κ1) is 23.7. The van der Waals surface area contributed by atoms with E-state index in [1.54, 1.807) is 0 Å². The molecule has 11 nitrogen and oxygen atoms in total. The summed E-state index contributed by atoms with van der Waals surface area (Å²) in [5.74, 6) is 0. The summed E-state index contributed by atoms with van der Waals surface area (Å²) in [7, 11) is 6.39. The molecule has 0 aromatic rings. The molecule has 4 saturated heterocycles. The Morgan fingerprint density at radius 3 is 1.16 bits per heavy atom. The lowest BCUT2D eigenvalue weighted by molar-refractivity contribution is 0.00117. The van der Waals surface area contributed by atoms with Crippen molar-refractivity contribution in [2.45, 2.75) is 0 Å². The highest BCUT2D eigenvalue weighted by molar-refractivity contribution is 5.95. The van der Waals surface area contributed by atoms with E-state index in [0.717, 1.165) is 78.5 Å². The fraction of sp³-hybridized carbons (Fsp3) is 0.905. The van der Waals surface area contributed by atoms with E-state index in [-0.39, 0.29) is 12.1 Å². The number of piperazine rings is 3. The van der Waals surface area contributed by atoms with Gasteiger partial charge in [-0.3, -0.25) is 24.5 Å². The van der Waals surface area contributed by atoms with Gasteiger partial charge in [0.2, 0.25) is 0 Å². The van der Waals surface area contributed by atoms with Crippen molar-refractivity contribution >= 4 is 12.1 Å². The van der Waals surface area contributed by atoms with Crippen LogP contribution in [0.25, 0.3) is 0 Å². The molecule has 4 aliphatic heterocycles. The summed E-state index contributed by atoms with van der Waals surface area (Å²) in [6.07, 6.45) is 0. The lowest BCUT2D eigenvalue weighted by atomic mass is 10.3. The molecular formula is C21H41N9O2. The van der Waals surface area contributed by atoms with E-state index in [2.05, 4.69) is 50.5 Å². The number of likely N-dealkylation sites (N-methyl/N-ethyl adjacent to an activating group) is 3. The molecule has 4 aliphatic rings. The van der Waals surface area contributed by atoms with Gasteiger partial charge in [-0.15, -0.1) is 0 Å². The maximum absolute atomic E-state index is 13.4. The largest absolute Gasteiger partial charge is 0.331 e. The molecule has 4 rings (SSSR count). The van der Waals surface area contributed by atoms with Crippen molar-refractivity contribution < 1.29 is 9.59 Å². The van der Waals surface area contributed by atoms with Gasteiger partial charge in [-0.05, 0) is 21.1 Å². The molecule has 0 atom stereocenters. The normalized spacial score (nSPS) is 27.0. The zero-order valence-corrected chi connectivity index (χ0v) is 20.2. The monoisotopic (exact) mass is 451 g/mol. The first-order valence-electron chi connectivity index (χ1n) is 12.0. The summed E-state index contributed by atoms with van der Waals surface area (Å²) in [5, 5.41) is 0. The van der Waals surface area contributed by atoms with Gasteiger partial charge >= 0.3 is 12.1 Å². The Kier molecular flexibility index (Phi) is 7.85. The summed E-state index contributed by atoms with van der Waals surface area (Å²) < 4.78 is 0. The van der Waals surface area contributed by atoms with Crippen molar-refractivity contribution in [1.29, 1.82) is 0 Å². The third-order valence-corrected chi connectivity index (χ3v) is 7.21. The molecule has 0 N–H and O–H groups in total. The number of amides is 4. The van der Waals surface area contributed by atoms with E-state index in [0.29, 0.717) is 26.7 Å². The van der Waals surface area contributed by atoms with Crippen LogP contribution in [0.15, 0.2) is 0 Å². The second-order valence-electron chi connectivity index (χ2n) is 9.90. The Balaban J connectivity index is 1.43. The number of nitrogens with zero attached hydrogens (tertiary/aromatic N) is 9. The Labute approximate surface area is 192 Å². The number of carbonyl (C=O) groups is 2. The molecule has 11 heteroatoms. The van der Waals surface area contributed by atoms with E-state index < -0.39 is 0 Å². The molecule has 0 radical (unpaired) electrons. The van der Waals surface area contributed by atoms with Crippen molar-refractivity contribution in [2.75, 3.05) is 126 Å². The summed E-state index contributed by atoms with van der Waals surface area (Å²) in [6.45, 7) is 13.4. The van der Waals surface area contributed by atoms with Crippen LogP contribution in [0.1, 0.15) is 0 Å². The fourth-order valence-corrected chi connectivity index (χ4v) is 4.73. The van der Waals surface area contributed by atoms with Gasteiger partial charge in [-0.2, -0.15) is 0 Å². The summed E-state index contributed by atoms with van der Waals surface area (Å²) in [4.78, 5) is 45.8. The second-order valence-corrected chi connectivity index (χ2v) is 9.90. The van der Waals surface area contributed by atoms with Gasteiger partial charge in [-0.25, -0.2) is 14.5 Å².